The molecule has 2 rings (SSSR count). The molecule has 0 aromatic heterocycles. The van der Waals surface area contributed by atoms with Crippen molar-refractivity contribution in [3.05, 3.63) is 71.8 Å². The molecule has 0 bridgehead atoms. The van der Waals surface area contributed by atoms with Gasteiger partial charge in [-0.3, -0.25) is 9.59 Å². The number of ketones is 2. The predicted molar refractivity (Wildman–Crippen MR) is 80.0 cm³/mol. The van der Waals surface area contributed by atoms with Crippen molar-refractivity contribution in [1.29, 1.82) is 0 Å². The van der Waals surface area contributed by atoms with Crippen LogP contribution in [0.3, 0.4) is 0 Å². The van der Waals surface area contributed by atoms with Gasteiger partial charge < -0.3 is 10.4 Å². The van der Waals surface area contributed by atoms with Crippen LogP contribution in [-0.2, 0) is 0 Å². The van der Waals surface area contributed by atoms with Crippen molar-refractivity contribution in [1.82, 2.24) is 0 Å². The topological polar surface area (TPSA) is 99.3 Å². The van der Waals surface area contributed by atoms with Gasteiger partial charge in [0, 0.05) is 11.1 Å². The van der Waals surface area contributed by atoms with Crippen molar-refractivity contribution in [3.63, 3.8) is 0 Å². The fourth-order valence-corrected chi connectivity index (χ4v) is 1.85. The molecule has 6 nitrogen and oxygen atoms in total. The van der Waals surface area contributed by atoms with Crippen LogP contribution < -0.4 is 0 Å². The monoisotopic (exact) mass is 296 g/mol. The van der Waals surface area contributed by atoms with Gasteiger partial charge >= 0.3 is 0 Å². The molecule has 2 N–H and O–H groups in total. The van der Waals surface area contributed by atoms with Crippen molar-refractivity contribution >= 4 is 23.0 Å². The lowest BCUT2D eigenvalue weighted by Crippen LogP contribution is -2.31. The van der Waals surface area contributed by atoms with Gasteiger partial charge in [0.05, 0.1) is 0 Å². The highest BCUT2D eigenvalue weighted by Gasteiger charge is 2.27. The minimum atomic E-state index is -0.722. The molecule has 0 fully saturated rings. The van der Waals surface area contributed by atoms with Crippen LogP contribution in [0.1, 0.15) is 20.7 Å². The highest BCUT2D eigenvalue weighted by atomic mass is 16.4. The van der Waals surface area contributed by atoms with Crippen LogP contribution in [0.25, 0.3) is 0 Å². The first kappa shape index (κ1) is 15.1. The van der Waals surface area contributed by atoms with E-state index in [-0.39, 0.29) is 11.1 Å². The Hall–Kier alpha value is -3.28. The average molecular weight is 296 g/mol. The van der Waals surface area contributed by atoms with E-state index in [1.54, 1.807) is 36.4 Å². The molecule has 0 aliphatic rings. The fraction of sp³-hybridized carbons (Fsp3) is 0. The van der Waals surface area contributed by atoms with Gasteiger partial charge in [-0.1, -0.05) is 71.0 Å². The Morgan fingerprint density at radius 3 is 1.23 bits per heavy atom. The van der Waals surface area contributed by atoms with Gasteiger partial charge in [-0.25, -0.2) is 0 Å². The predicted octanol–water partition coefficient (Wildman–Crippen LogP) is 2.41. The molecule has 0 saturated carbocycles. The molecular weight excluding hydrogens is 284 g/mol. The summed E-state index contributed by atoms with van der Waals surface area (Å²) >= 11 is 0. The first-order valence-electron chi connectivity index (χ1n) is 6.33. The summed E-state index contributed by atoms with van der Waals surface area (Å²) in [6, 6.07) is 15.9. The Balaban J connectivity index is 2.37. The third kappa shape index (κ3) is 3.06. The van der Waals surface area contributed by atoms with E-state index in [0.29, 0.717) is 0 Å². The van der Waals surface area contributed by atoms with Crippen molar-refractivity contribution in [3.8, 4) is 0 Å². The minimum Gasteiger partial charge on any atom is -0.410 e. The fourth-order valence-electron chi connectivity index (χ4n) is 1.85. The molecule has 0 aliphatic heterocycles. The molecule has 6 heteroatoms. The van der Waals surface area contributed by atoms with E-state index in [9.17, 15) is 9.59 Å². The second-order valence-corrected chi connectivity index (χ2v) is 4.29. The summed E-state index contributed by atoms with van der Waals surface area (Å²) in [7, 11) is 0. The normalized spacial score (nSPS) is 12.0. The number of rotatable bonds is 5. The number of oxime groups is 2. The van der Waals surface area contributed by atoms with E-state index in [4.69, 9.17) is 10.4 Å². The zero-order valence-electron chi connectivity index (χ0n) is 11.4. The molecule has 0 atom stereocenters. The van der Waals surface area contributed by atoms with Gasteiger partial charge in [0.25, 0.3) is 0 Å². The van der Waals surface area contributed by atoms with Gasteiger partial charge in [-0.2, -0.15) is 0 Å². The Kier molecular flexibility index (Phi) is 4.77. The van der Waals surface area contributed by atoms with Gasteiger partial charge in [0.15, 0.2) is 11.4 Å². The Morgan fingerprint density at radius 2 is 0.955 bits per heavy atom. The van der Waals surface area contributed by atoms with Crippen molar-refractivity contribution in [2.75, 3.05) is 0 Å². The lowest BCUT2D eigenvalue weighted by Gasteiger charge is -2.05. The lowest BCUT2D eigenvalue weighted by atomic mass is 9.98. The molecule has 0 spiro atoms. The van der Waals surface area contributed by atoms with Gasteiger partial charge in [0.1, 0.15) is 0 Å². The zero-order valence-corrected chi connectivity index (χ0v) is 11.4. The molecule has 0 radical (unpaired) electrons. The number of carbonyl (C=O) groups excluding carboxylic acids is 2. The first-order valence-corrected chi connectivity index (χ1v) is 6.33. The van der Waals surface area contributed by atoms with Gasteiger partial charge in [-0.05, 0) is 0 Å². The standard InChI is InChI=1S/C16H12N2O4/c19-15(11-7-3-1-4-8-11)13(17-21)14(18-22)16(20)12-9-5-2-6-10-12/h1-10,21-22H/b17-13-,18-14-. The third-order valence-electron chi connectivity index (χ3n) is 2.93. The molecular formula is C16H12N2O4. The smallest absolute Gasteiger partial charge is 0.217 e. The van der Waals surface area contributed by atoms with Crippen molar-refractivity contribution < 1.29 is 20.0 Å². The quantitative estimate of drug-likeness (QED) is 0.383. The minimum absolute atomic E-state index is 0.206. The Morgan fingerprint density at radius 1 is 0.636 bits per heavy atom. The van der Waals surface area contributed by atoms with Crippen LogP contribution in [0.2, 0.25) is 0 Å². The summed E-state index contributed by atoms with van der Waals surface area (Å²) in [5.74, 6) is -1.44. The van der Waals surface area contributed by atoms with E-state index in [0.717, 1.165) is 0 Å². The number of benzene rings is 2. The maximum absolute atomic E-state index is 12.3. The number of hydrogen-bond donors (Lipinski definition) is 2. The van der Waals surface area contributed by atoms with Crippen LogP contribution in [0, 0.1) is 0 Å². The molecule has 0 amide bonds. The molecule has 0 unspecified atom stereocenters. The summed E-state index contributed by atoms with van der Waals surface area (Å²) in [5.41, 5.74) is -0.834. The molecule has 22 heavy (non-hydrogen) atoms. The lowest BCUT2D eigenvalue weighted by molar-refractivity contribution is 0.104. The van der Waals surface area contributed by atoms with E-state index < -0.39 is 23.0 Å². The van der Waals surface area contributed by atoms with Crippen molar-refractivity contribution in [2.45, 2.75) is 0 Å². The summed E-state index contributed by atoms with van der Waals surface area (Å²) in [6.07, 6.45) is 0. The summed E-state index contributed by atoms with van der Waals surface area (Å²) in [4.78, 5) is 24.6. The second kappa shape index (κ2) is 6.94. The Labute approximate surface area is 126 Å². The van der Waals surface area contributed by atoms with Crippen LogP contribution in [-0.4, -0.2) is 33.4 Å². The van der Waals surface area contributed by atoms with Crippen LogP contribution >= 0.6 is 0 Å². The van der Waals surface area contributed by atoms with Crippen LogP contribution in [0.15, 0.2) is 71.0 Å². The average Bonchev–Trinajstić information content (AvgIpc) is 2.60. The van der Waals surface area contributed by atoms with E-state index >= 15 is 0 Å². The first-order chi connectivity index (χ1) is 10.7. The maximum Gasteiger partial charge on any atom is 0.217 e. The van der Waals surface area contributed by atoms with Crippen LogP contribution in [0.5, 0.6) is 0 Å². The molecule has 110 valence electrons. The zero-order chi connectivity index (χ0) is 15.9. The van der Waals surface area contributed by atoms with Gasteiger partial charge in [0.2, 0.25) is 11.6 Å². The number of nitrogens with zero attached hydrogens (tertiary/aromatic N) is 2. The highest BCUT2D eigenvalue weighted by Crippen LogP contribution is 2.07. The van der Waals surface area contributed by atoms with E-state index in [1.165, 1.54) is 24.3 Å². The largest absolute Gasteiger partial charge is 0.410 e. The molecule has 2 aromatic rings. The van der Waals surface area contributed by atoms with E-state index in [1.807, 2.05) is 0 Å². The number of Topliss-reactive ketones (excluding diaryl/α,β-unsaturated/α-hetero) is 2. The number of hydrogen-bond acceptors (Lipinski definition) is 6. The number of carbonyl (C=O) groups is 2. The highest BCUT2D eigenvalue weighted by molar-refractivity contribution is 6.84. The summed E-state index contributed by atoms with van der Waals surface area (Å²) in [5, 5.41) is 23.8. The second-order valence-electron chi connectivity index (χ2n) is 4.29. The Bertz CT molecular complexity index is 672. The van der Waals surface area contributed by atoms with E-state index in [2.05, 4.69) is 10.3 Å². The summed E-state index contributed by atoms with van der Waals surface area (Å²) < 4.78 is 0. The van der Waals surface area contributed by atoms with Crippen molar-refractivity contribution in [2.24, 2.45) is 10.3 Å². The molecule has 0 heterocycles. The SMILES string of the molecule is O=C(C(=N\O)/C(=N/O)C(=O)c1ccccc1)c1ccccc1. The summed E-state index contributed by atoms with van der Waals surface area (Å²) in [6.45, 7) is 0. The van der Waals surface area contributed by atoms with Gasteiger partial charge in [-0.15, -0.1) is 0 Å². The third-order valence-corrected chi connectivity index (χ3v) is 2.93. The van der Waals surface area contributed by atoms with Crippen LogP contribution in [0.4, 0.5) is 0 Å². The maximum atomic E-state index is 12.3. The molecule has 2 aromatic carbocycles. The molecule has 0 saturated heterocycles. The molecule has 0 aliphatic carbocycles.